The number of pyridine rings is 1. The van der Waals surface area contributed by atoms with Crippen LogP contribution in [0.4, 0.5) is 0 Å². The Kier molecular flexibility index (Phi) is 4.70. The van der Waals surface area contributed by atoms with Crippen LogP contribution in [-0.4, -0.2) is 25.6 Å². The van der Waals surface area contributed by atoms with Crippen LogP contribution in [0.3, 0.4) is 0 Å². The van der Waals surface area contributed by atoms with Crippen molar-refractivity contribution in [2.45, 2.75) is 29.3 Å². The molecule has 0 aliphatic heterocycles. The van der Waals surface area contributed by atoms with E-state index in [0.717, 1.165) is 39.1 Å². The number of aromatic nitrogens is 3. The highest BCUT2D eigenvalue weighted by molar-refractivity contribution is 7.99. The van der Waals surface area contributed by atoms with Crippen molar-refractivity contribution in [3.05, 3.63) is 59.0 Å². The Morgan fingerprint density at radius 1 is 1.26 bits per heavy atom. The third-order valence-corrected chi connectivity index (χ3v) is 6.22. The summed E-state index contributed by atoms with van der Waals surface area (Å²) in [5, 5.41) is 11.6. The number of aryl methyl sites for hydroxylation is 1. The zero-order valence-electron chi connectivity index (χ0n) is 14.9. The van der Waals surface area contributed by atoms with E-state index in [-0.39, 0.29) is 11.8 Å². The van der Waals surface area contributed by atoms with Gasteiger partial charge < -0.3 is 9.67 Å². The molecule has 7 heteroatoms. The summed E-state index contributed by atoms with van der Waals surface area (Å²) in [7, 11) is 1.99. The maximum atomic E-state index is 11.1. The molecule has 1 aromatic carbocycles. The molecule has 27 heavy (non-hydrogen) atoms. The number of rotatable bonds is 5. The fourth-order valence-corrected chi connectivity index (χ4v) is 4.22. The Balaban J connectivity index is 1.63. The molecule has 5 nitrogen and oxygen atoms in total. The maximum Gasteiger partial charge on any atom is 0.307 e. The monoisotopic (exact) mass is 399 g/mol. The van der Waals surface area contributed by atoms with E-state index in [2.05, 4.69) is 4.98 Å². The van der Waals surface area contributed by atoms with Gasteiger partial charge in [-0.3, -0.25) is 4.79 Å². The summed E-state index contributed by atoms with van der Waals surface area (Å²) in [6, 6.07) is 11.8. The van der Waals surface area contributed by atoms with Gasteiger partial charge in [0, 0.05) is 18.8 Å². The van der Waals surface area contributed by atoms with Crippen LogP contribution < -0.4 is 0 Å². The van der Waals surface area contributed by atoms with Gasteiger partial charge in [0.1, 0.15) is 21.6 Å². The molecule has 1 fully saturated rings. The van der Waals surface area contributed by atoms with E-state index in [1.165, 1.54) is 0 Å². The van der Waals surface area contributed by atoms with Gasteiger partial charge >= 0.3 is 5.97 Å². The molecule has 1 N–H and O–H groups in total. The van der Waals surface area contributed by atoms with Gasteiger partial charge in [-0.05, 0) is 48.7 Å². The summed E-state index contributed by atoms with van der Waals surface area (Å²) < 4.78 is 2.05. The molecule has 3 aromatic rings. The number of benzene rings is 1. The van der Waals surface area contributed by atoms with Crippen LogP contribution in [0, 0.1) is 12.8 Å². The highest BCUT2D eigenvalue weighted by Gasteiger charge is 2.44. The molecule has 2 heterocycles. The molecule has 2 atom stereocenters. The van der Waals surface area contributed by atoms with Crippen molar-refractivity contribution in [2.75, 3.05) is 0 Å². The molecule has 1 saturated carbocycles. The fourth-order valence-electron chi connectivity index (χ4n) is 3.14. The zero-order valence-corrected chi connectivity index (χ0v) is 16.5. The van der Waals surface area contributed by atoms with Crippen LogP contribution in [0.1, 0.15) is 23.7 Å². The quantitative estimate of drug-likeness (QED) is 0.668. The summed E-state index contributed by atoms with van der Waals surface area (Å²) in [6.07, 6.45) is 2.36. The Hall–Kier alpha value is -2.31. The predicted molar refractivity (Wildman–Crippen MR) is 105 cm³/mol. The largest absolute Gasteiger partial charge is 0.481 e. The second kappa shape index (κ2) is 7.02. The highest BCUT2D eigenvalue weighted by Crippen LogP contribution is 2.48. The van der Waals surface area contributed by atoms with Crippen LogP contribution in [0.15, 0.2) is 52.6 Å². The van der Waals surface area contributed by atoms with Gasteiger partial charge in [-0.15, -0.1) is 0 Å². The van der Waals surface area contributed by atoms with Gasteiger partial charge in [-0.25, -0.2) is 9.97 Å². The molecule has 1 aliphatic rings. The fraction of sp³-hybridized carbons (Fsp3) is 0.250. The number of imidazole rings is 1. The van der Waals surface area contributed by atoms with Gasteiger partial charge in [0.05, 0.1) is 10.9 Å². The first-order chi connectivity index (χ1) is 12.9. The normalized spacial score (nSPS) is 18.5. The second-order valence-electron chi connectivity index (χ2n) is 6.70. The highest BCUT2D eigenvalue weighted by atomic mass is 35.5. The molecule has 0 radical (unpaired) electrons. The van der Waals surface area contributed by atoms with Crippen LogP contribution >= 0.6 is 23.4 Å². The summed E-state index contributed by atoms with van der Waals surface area (Å²) in [6.45, 7) is 1.97. The third-order valence-electron chi connectivity index (χ3n) is 4.89. The molecular weight excluding hydrogens is 382 g/mol. The lowest BCUT2D eigenvalue weighted by Gasteiger charge is -2.07. The van der Waals surface area contributed by atoms with Crippen molar-refractivity contribution in [1.29, 1.82) is 0 Å². The smallest absolute Gasteiger partial charge is 0.307 e. The number of halogens is 1. The van der Waals surface area contributed by atoms with E-state index in [0.29, 0.717) is 5.02 Å². The number of carboxylic acids is 1. The van der Waals surface area contributed by atoms with Gasteiger partial charge in [-0.2, -0.15) is 0 Å². The average Bonchev–Trinajstić information content (AvgIpc) is 3.42. The number of nitrogens with zero attached hydrogens (tertiary/aromatic N) is 3. The first-order valence-electron chi connectivity index (χ1n) is 8.60. The number of hydrogen-bond acceptors (Lipinski definition) is 4. The van der Waals surface area contributed by atoms with E-state index in [1.807, 2.05) is 54.9 Å². The Bertz CT molecular complexity index is 999. The molecule has 1 aliphatic carbocycles. The standard InChI is InChI=1S/C20H18ClN3O2S/c1-11-23-18(19(24(11)2)27-17-8-7-14(21)10-22-17)13-5-3-12(4-6-13)15-9-16(15)20(25)26/h3-8,10,15-16H,9H2,1-2H3,(H,25,26)/t15-,16+/m0/s1. The predicted octanol–water partition coefficient (Wildman–Crippen LogP) is 4.78. The van der Waals surface area contributed by atoms with Gasteiger partial charge in [-0.1, -0.05) is 35.9 Å². The molecule has 0 spiro atoms. The summed E-state index contributed by atoms with van der Waals surface area (Å²) in [5.74, 6) is 0.0985. The number of carbonyl (C=O) groups is 1. The molecule has 0 saturated heterocycles. The number of carboxylic acid groups (broad SMARTS) is 1. The molecule has 2 aromatic heterocycles. The molecular formula is C20H18ClN3O2S. The first-order valence-corrected chi connectivity index (χ1v) is 9.79. The lowest BCUT2D eigenvalue weighted by Crippen LogP contribution is -1.98. The third kappa shape index (κ3) is 3.59. The summed E-state index contributed by atoms with van der Waals surface area (Å²) in [5.41, 5.74) is 2.98. The minimum atomic E-state index is -0.710. The molecule has 0 unspecified atom stereocenters. The van der Waals surface area contributed by atoms with E-state index in [1.54, 1.807) is 18.0 Å². The maximum absolute atomic E-state index is 11.1. The summed E-state index contributed by atoms with van der Waals surface area (Å²) >= 11 is 7.47. The SMILES string of the molecule is Cc1nc(-c2ccc([C@@H]3C[C@H]3C(=O)O)cc2)c(Sc2ccc(Cl)cn2)n1C. The van der Waals surface area contributed by atoms with Crippen LogP contribution in [-0.2, 0) is 11.8 Å². The van der Waals surface area contributed by atoms with E-state index < -0.39 is 5.97 Å². The average molecular weight is 400 g/mol. The summed E-state index contributed by atoms with van der Waals surface area (Å²) in [4.78, 5) is 20.2. The molecule has 0 bridgehead atoms. The first kappa shape index (κ1) is 18.1. The van der Waals surface area contributed by atoms with Crippen molar-refractivity contribution in [1.82, 2.24) is 14.5 Å². The van der Waals surface area contributed by atoms with Gasteiger partial charge in [0.15, 0.2) is 0 Å². The Morgan fingerprint density at radius 2 is 2.00 bits per heavy atom. The topological polar surface area (TPSA) is 68.0 Å². The minimum absolute atomic E-state index is 0.133. The zero-order chi connectivity index (χ0) is 19.1. The molecule has 138 valence electrons. The van der Waals surface area contributed by atoms with Crippen LogP contribution in [0.5, 0.6) is 0 Å². The van der Waals surface area contributed by atoms with Crippen LogP contribution in [0.25, 0.3) is 11.3 Å². The van der Waals surface area contributed by atoms with Gasteiger partial charge in [0.2, 0.25) is 0 Å². The molecule has 4 rings (SSSR count). The van der Waals surface area contributed by atoms with Crippen molar-refractivity contribution in [3.8, 4) is 11.3 Å². The van der Waals surface area contributed by atoms with E-state index in [9.17, 15) is 4.79 Å². The van der Waals surface area contributed by atoms with Crippen molar-refractivity contribution in [2.24, 2.45) is 13.0 Å². The lowest BCUT2D eigenvalue weighted by molar-refractivity contribution is -0.138. The second-order valence-corrected chi connectivity index (χ2v) is 8.14. The number of aliphatic carboxylic acids is 1. The number of hydrogen-bond donors (Lipinski definition) is 1. The minimum Gasteiger partial charge on any atom is -0.481 e. The van der Waals surface area contributed by atoms with Crippen molar-refractivity contribution >= 4 is 29.3 Å². The molecule has 0 amide bonds. The van der Waals surface area contributed by atoms with Crippen molar-refractivity contribution < 1.29 is 9.90 Å². The van der Waals surface area contributed by atoms with Gasteiger partial charge in [0.25, 0.3) is 0 Å². The van der Waals surface area contributed by atoms with E-state index >= 15 is 0 Å². The van der Waals surface area contributed by atoms with E-state index in [4.69, 9.17) is 21.7 Å². The lowest BCUT2D eigenvalue weighted by atomic mass is 10.1. The van der Waals surface area contributed by atoms with Crippen LogP contribution in [0.2, 0.25) is 5.02 Å². The Morgan fingerprint density at radius 3 is 2.59 bits per heavy atom. The van der Waals surface area contributed by atoms with Crippen molar-refractivity contribution in [3.63, 3.8) is 0 Å². The Labute approximate surface area is 166 Å².